The van der Waals surface area contributed by atoms with E-state index in [4.69, 9.17) is 11.5 Å². The molecule has 4 N–H and O–H groups in total. The number of rotatable bonds is 2. The number of hydrogen-bond acceptors (Lipinski definition) is 3. The molecule has 2 atom stereocenters. The van der Waals surface area contributed by atoms with Crippen molar-refractivity contribution in [3.05, 3.63) is 17.7 Å². The number of nitrogens with zero attached hydrogens (tertiary/aromatic N) is 2. The first-order valence-electron chi connectivity index (χ1n) is 6.03. The molecule has 1 aromatic rings. The third kappa shape index (κ3) is 2.07. The molecule has 1 heterocycles. The third-order valence-electron chi connectivity index (χ3n) is 3.93. The molecule has 17 heavy (non-hydrogen) atoms. The maximum Gasteiger partial charge on any atom is 0.237 e. The van der Waals surface area contributed by atoms with E-state index in [1.165, 1.54) is 0 Å². The van der Waals surface area contributed by atoms with Gasteiger partial charge in [0.25, 0.3) is 0 Å². The quantitative estimate of drug-likeness (QED) is 0.796. The lowest BCUT2D eigenvalue weighted by molar-refractivity contribution is -0.124. The second kappa shape index (κ2) is 4.14. The first kappa shape index (κ1) is 12.1. The summed E-state index contributed by atoms with van der Waals surface area (Å²) < 4.78 is 2.12. The minimum Gasteiger partial charge on any atom is -0.368 e. The van der Waals surface area contributed by atoms with E-state index in [0.717, 1.165) is 24.2 Å². The second-order valence-corrected chi connectivity index (χ2v) is 5.09. The van der Waals surface area contributed by atoms with E-state index in [9.17, 15) is 4.79 Å². The van der Waals surface area contributed by atoms with Crippen molar-refractivity contribution in [3.8, 4) is 0 Å². The van der Waals surface area contributed by atoms with Crippen molar-refractivity contribution in [1.29, 1.82) is 0 Å². The number of hydrogen-bond donors (Lipinski definition) is 2. The molecule has 1 aliphatic rings. The molecule has 1 amide bonds. The molecule has 2 unspecified atom stereocenters. The van der Waals surface area contributed by atoms with Crippen LogP contribution in [0.4, 0.5) is 0 Å². The van der Waals surface area contributed by atoms with E-state index in [1.54, 1.807) is 0 Å². The van der Waals surface area contributed by atoms with Gasteiger partial charge in [0.1, 0.15) is 0 Å². The maximum absolute atomic E-state index is 11.4. The molecule has 1 aromatic heterocycles. The van der Waals surface area contributed by atoms with Crippen molar-refractivity contribution >= 4 is 5.91 Å². The summed E-state index contributed by atoms with van der Waals surface area (Å²) in [6.45, 7) is 4.03. The molecule has 0 aromatic carbocycles. The molecule has 1 aliphatic carbocycles. The number of carbonyl (C=O) groups excluding carboxylic acids is 1. The number of imidazole rings is 1. The van der Waals surface area contributed by atoms with Gasteiger partial charge in [0, 0.05) is 11.7 Å². The molecule has 1 saturated carbocycles. The van der Waals surface area contributed by atoms with Gasteiger partial charge in [-0.3, -0.25) is 4.79 Å². The van der Waals surface area contributed by atoms with Crippen LogP contribution in [0.25, 0.3) is 0 Å². The standard InChI is InChI=1S/C12H20N4O/c1-8-9(2)16(7-15-8)10-4-3-5-12(14,6-10)11(13)17/h7,10H,3-6,14H2,1-2H3,(H2,13,17). The Morgan fingerprint density at radius 2 is 2.29 bits per heavy atom. The van der Waals surface area contributed by atoms with Crippen LogP contribution in [0.1, 0.15) is 43.1 Å². The molecule has 0 spiro atoms. The Hall–Kier alpha value is -1.36. The smallest absolute Gasteiger partial charge is 0.237 e. The van der Waals surface area contributed by atoms with Gasteiger partial charge in [-0.15, -0.1) is 0 Å². The molecule has 94 valence electrons. The molecule has 2 rings (SSSR count). The summed E-state index contributed by atoms with van der Waals surface area (Å²) in [6, 6.07) is 0.238. The molecule has 5 nitrogen and oxygen atoms in total. The van der Waals surface area contributed by atoms with Crippen molar-refractivity contribution in [1.82, 2.24) is 9.55 Å². The fraction of sp³-hybridized carbons (Fsp3) is 0.667. The minimum absolute atomic E-state index is 0.238. The lowest BCUT2D eigenvalue weighted by Crippen LogP contribution is -2.54. The van der Waals surface area contributed by atoms with Gasteiger partial charge in [0.05, 0.1) is 17.6 Å². The number of aryl methyl sites for hydroxylation is 1. The van der Waals surface area contributed by atoms with Crippen LogP contribution in [0.2, 0.25) is 0 Å². The Labute approximate surface area is 101 Å². The summed E-state index contributed by atoms with van der Waals surface area (Å²) >= 11 is 0. The highest BCUT2D eigenvalue weighted by molar-refractivity contribution is 5.84. The Bertz CT molecular complexity index is 440. The van der Waals surface area contributed by atoms with Crippen LogP contribution in [0, 0.1) is 13.8 Å². The number of nitrogens with two attached hydrogens (primary N) is 2. The Kier molecular flexibility index (Phi) is 2.95. The third-order valence-corrected chi connectivity index (χ3v) is 3.93. The van der Waals surface area contributed by atoms with Gasteiger partial charge >= 0.3 is 0 Å². The van der Waals surface area contributed by atoms with Crippen molar-refractivity contribution in [2.45, 2.75) is 51.1 Å². The zero-order valence-electron chi connectivity index (χ0n) is 10.4. The predicted octanol–water partition coefficient (Wildman–Crippen LogP) is 0.798. The summed E-state index contributed by atoms with van der Waals surface area (Å²) in [5.74, 6) is -0.392. The highest BCUT2D eigenvalue weighted by atomic mass is 16.1. The van der Waals surface area contributed by atoms with Gasteiger partial charge in [0.2, 0.25) is 5.91 Å². The van der Waals surface area contributed by atoms with Gasteiger partial charge in [-0.25, -0.2) is 4.98 Å². The highest BCUT2D eigenvalue weighted by Gasteiger charge is 2.38. The average molecular weight is 236 g/mol. The van der Waals surface area contributed by atoms with Crippen LogP contribution < -0.4 is 11.5 Å². The van der Waals surface area contributed by atoms with E-state index >= 15 is 0 Å². The van der Waals surface area contributed by atoms with Gasteiger partial charge in [-0.2, -0.15) is 0 Å². The highest BCUT2D eigenvalue weighted by Crippen LogP contribution is 2.34. The summed E-state index contributed by atoms with van der Waals surface area (Å²) in [5, 5.41) is 0. The number of primary amides is 1. The van der Waals surface area contributed by atoms with E-state index in [-0.39, 0.29) is 6.04 Å². The van der Waals surface area contributed by atoms with Gasteiger partial charge in [-0.1, -0.05) is 0 Å². The summed E-state index contributed by atoms with van der Waals surface area (Å²) in [7, 11) is 0. The summed E-state index contributed by atoms with van der Waals surface area (Å²) in [5.41, 5.74) is 12.8. The van der Waals surface area contributed by atoms with Crippen LogP contribution in [0.3, 0.4) is 0 Å². The Balaban J connectivity index is 2.23. The van der Waals surface area contributed by atoms with E-state index in [1.807, 2.05) is 20.2 Å². The van der Waals surface area contributed by atoms with Crippen LogP contribution in [-0.2, 0) is 4.79 Å². The number of amides is 1. The van der Waals surface area contributed by atoms with Crippen LogP contribution in [0.5, 0.6) is 0 Å². The molecule has 0 saturated heterocycles. The van der Waals surface area contributed by atoms with E-state index in [2.05, 4.69) is 9.55 Å². The first-order valence-corrected chi connectivity index (χ1v) is 6.03. The van der Waals surface area contributed by atoms with Gasteiger partial charge in [0.15, 0.2) is 0 Å². The van der Waals surface area contributed by atoms with Crippen molar-refractivity contribution in [2.75, 3.05) is 0 Å². The van der Waals surface area contributed by atoms with Crippen molar-refractivity contribution < 1.29 is 4.79 Å². The Morgan fingerprint density at radius 1 is 1.59 bits per heavy atom. The molecule has 5 heteroatoms. The fourth-order valence-electron chi connectivity index (χ4n) is 2.62. The molecule has 1 fully saturated rings. The number of carbonyl (C=O) groups is 1. The molecule has 0 radical (unpaired) electrons. The zero-order valence-corrected chi connectivity index (χ0v) is 10.4. The lowest BCUT2D eigenvalue weighted by Gasteiger charge is -2.36. The molecule has 0 aliphatic heterocycles. The zero-order chi connectivity index (χ0) is 12.6. The lowest BCUT2D eigenvalue weighted by atomic mass is 9.79. The minimum atomic E-state index is -0.854. The van der Waals surface area contributed by atoms with Gasteiger partial charge in [-0.05, 0) is 39.5 Å². The normalized spacial score (nSPS) is 29.2. The molecule has 0 bridgehead atoms. The van der Waals surface area contributed by atoms with Crippen molar-refractivity contribution in [2.24, 2.45) is 11.5 Å². The fourth-order valence-corrected chi connectivity index (χ4v) is 2.62. The predicted molar refractivity (Wildman–Crippen MR) is 65.3 cm³/mol. The monoisotopic (exact) mass is 236 g/mol. The topological polar surface area (TPSA) is 86.9 Å². The molecular formula is C12H20N4O. The maximum atomic E-state index is 11.4. The Morgan fingerprint density at radius 3 is 2.82 bits per heavy atom. The summed E-state index contributed by atoms with van der Waals surface area (Å²) in [4.78, 5) is 15.7. The van der Waals surface area contributed by atoms with Crippen LogP contribution >= 0.6 is 0 Å². The van der Waals surface area contributed by atoms with E-state index < -0.39 is 11.4 Å². The largest absolute Gasteiger partial charge is 0.368 e. The number of aromatic nitrogens is 2. The van der Waals surface area contributed by atoms with E-state index in [0.29, 0.717) is 12.8 Å². The van der Waals surface area contributed by atoms with Crippen LogP contribution in [-0.4, -0.2) is 21.0 Å². The SMILES string of the molecule is Cc1ncn(C2CCCC(N)(C(N)=O)C2)c1C. The first-order chi connectivity index (χ1) is 7.94. The molecular weight excluding hydrogens is 216 g/mol. The van der Waals surface area contributed by atoms with Crippen LogP contribution in [0.15, 0.2) is 6.33 Å². The summed E-state index contributed by atoms with van der Waals surface area (Å²) in [6.07, 6.45) is 5.09. The van der Waals surface area contributed by atoms with Crippen molar-refractivity contribution in [3.63, 3.8) is 0 Å². The second-order valence-electron chi connectivity index (χ2n) is 5.09. The average Bonchev–Trinajstić information content (AvgIpc) is 2.60. The van der Waals surface area contributed by atoms with Gasteiger partial charge < -0.3 is 16.0 Å².